The number of benzene rings is 1. The molecule has 1 aliphatic carbocycles. The summed E-state index contributed by atoms with van der Waals surface area (Å²) in [7, 11) is 0. The Morgan fingerprint density at radius 1 is 1.28 bits per heavy atom. The molecule has 1 saturated carbocycles. The van der Waals surface area contributed by atoms with E-state index in [2.05, 4.69) is 5.32 Å². The molecule has 1 aromatic rings. The minimum Gasteiger partial charge on any atom is -0.460 e. The van der Waals surface area contributed by atoms with Crippen LogP contribution in [0, 0.1) is 11.8 Å². The number of rotatable bonds is 4. The molecular weight excluding hydrogens is 318 g/mol. The number of alkyl carbamates (subject to hydrolysis) is 1. The Hall–Kier alpha value is -2.04. The second-order valence-electron chi connectivity index (χ2n) is 8.05. The molecule has 0 unspecified atom stereocenters. The fraction of sp³-hybridized carbons (Fsp3) is 0.600. The molecule has 0 bridgehead atoms. The molecule has 1 N–H and O–H groups in total. The summed E-state index contributed by atoms with van der Waals surface area (Å²) >= 11 is 0. The summed E-state index contributed by atoms with van der Waals surface area (Å²) in [6, 6.07) is 9.66. The summed E-state index contributed by atoms with van der Waals surface area (Å²) in [6.45, 7) is 5.50. The van der Waals surface area contributed by atoms with Crippen LogP contribution in [0.5, 0.6) is 0 Å². The van der Waals surface area contributed by atoms with Gasteiger partial charge in [0.15, 0.2) is 0 Å². The Labute approximate surface area is 149 Å². The number of fused-ring (bicyclic) bond motifs is 1. The van der Waals surface area contributed by atoms with E-state index in [0.717, 1.165) is 24.8 Å². The third kappa shape index (κ3) is 4.33. The number of nitrogens with one attached hydrogen (secondary N) is 1. The molecule has 1 saturated heterocycles. The number of ether oxygens (including phenoxy) is 2. The van der Waals surface area contributed by atoms with E-state index in [0.29, 0.717) is 6.42 Å². The highest BCUT2D eigenvalue weighted by atomic mass is 16.6. The predicted molar refractivity (Wildman–Crippen MR) is 94.0 cm³/mol. The minimum absolute atomic E-state index is 0.0105. The van der Waals surface area contributed by atoms with Gasteiger partial charge < -0.3 is 14.8 Å². The summed E-state index contributed by atoms with van der Waals surface area (Å²) in [4.78, 5) is 24.5. The van der Waals surface area contributed by atoms with Crippen molar-refractivity contribution in [3.63, 3.8) is 0 Å². The second kappa shape index (κ2) is 7.06. The molecular formula is C20H27NO4. The van der Waals surface area contributed by atoms with Gasteiger partial charge in [0, 0.05) is 5.92 Å². The number of esters is 1. The smallest absolute Gasteiger partial charge is 0.408 e. The van der Waals surface area contributed by atoms with Crippen molar-refractivity contribution < 1.29 is 19.1 Å². The van der Waals surface area contributed by atoms with Gasteiger partial charge in [0.2, 0.25) is 0 Å². The van der Waals surface area contributed by atoms with Gasteiger partial charge in [0.05, 0.1) is 12.0 Å². The first kappa shape index (κ1) is 17.8. The zero-order valence-electron chi connectivity index (χ0n) is 15.2. The van der Waals surface area contributed by atoms with E-state index in [-0.39, 0.29) is 30.0 Å². The lowest BCUT2D eigenvalue weighted by atomic mass is 9.87. The standard InChI is InChI=1S/C20H27NO4/c1-20(2,3)25-19(23)21-16(12-13-8-5-4-6-9-13)17-14-10-7-11-15(14)18(22)24-17/h4-6,8-9,14-17H,7,10-12H2,1-3H3,(H,21,23)/t14-,15+,16+,17-/m1/s1. The van der Waals surface area contributed by atoms with Gasteiger partial charge in [-0.2, -0.15) is 0 Å². The fourth-order valence-electron chi connectivity index (χ4n) is 3.94. The summed E-state index contributed by atoms with van der Waals surface area (Å²) in [5.74, 6) is 0.0661. The minimum atomic E-state index is -0.566. The van der Waals surface area contributed by atoms with Crippen molar-refractivity contribution in [2.45, 2.75) is 64.2 Å². The van der Waals surface area contributed by atoms with Crippen LogP contribution in [0.25, 0.3) is 0 Å². The molecule has 5 nitrogen and oxygen atoms in total. The molecule has 3 rings (SSSR count). The molecule has 0 spiro atoms. The highest BCUT2D eigenvalue weighted by Gasteiger charge is 2.50. The summed E-state index contributed by atoms with van der Waals surface area (Å²) in [6.07, 6.45) is 2.78. The quantitative estimate of drug-likeness (QED) is 0.849. The molecule has 136 valence electrons. The summed E-state index contributed by atoms with van der Waals surface area (Å²) in [5.41, 5.74) is 0.532. The van der Waals surface area contributed by atoms with Crippen molar-refractivity contribution in [3.05, 3.63) is 35.9 Å². The van der Waals surface area contributed by atoms with Crippen LogP contribution in [0.15, 0.2) is 30.3 Å². The number of hydrogen-bond donors (Lipinski definition) is 1. The molecule has 5 heteroatoms. The van der Waals surface area contributed by atoms with Crippen LogP contribution < -0.4 is 5.32 Å². The van der Waals surface area contributed by atoms with Crippen LogP contribution in [0.4, 0.5) is 4.79 Å². The zero-order chi connectivity index (χ0) is 18.0. The Morgan fingerprint density at radius 3 is 2.68 bits per heavy atom. The Bertz CT molecular complexity index is 622. The van der Waals surface area contributed by atoms with E-state index < -0.39 is 11.7 Å². The largest absolute Gasteiger partial charge is 0.460 e. The SMILES string of the molecule is CC(C)(C)OC(=O)N[C@@H](Cc1ccccc1)[C@@H]1OC(=O)[C@H]2CCC[C@@H]12. The van der Waals surface area contributed by atoms with Gasteiger partial charge in [-0.05, 0) is 45.6 Å². The number of hydrogen-bond acceptors (Lipinski definition) is 4. The lowest BCUT2D eigenvalue weighted by molar-refractivity contribution is -0.145. The molecule has 1 amide bonds. The number of carbonyl (C=O) groups excluding carboxylic acids is 2. The second-order valence-corrected chi connectivity index (χ2v) is 8.05. The number of cyclic esters (lactones) is 1. The van der Waals surface area contributed by atoms with E-state index in [1.54, 1.807) is 0 Å². The first-order chi connectivity index (χ1) is 11.8. The molecule has 1 heterocycles. The van der Waals surface area contributed by atoms with Crippen LogP contribution in [-0.2, 0) is 20.7 Å². The van der Waals surface area contributed by atoms with Crippen LogP contribution in [0.1, 0.15) is 45.6 Å². The van der Waals surface area contributed by atoms with Gasteiger partial charge in [-0.3, -0.25) is 4.79 Å². The van der Waals surface area contributed by atoms with Crippen molar-refractivity contribution in [1.29, 1.82) is 0 Å². The first-order valence-electron chi connectivity index (χ1n) is 9.07. The van der Waals surface area contributed by atoms with Gasteiger partial charge >= 0.3 is 12.1 Å². The monoisotopic (exact) mass is 345 g/mol. The van der Waals surface area contributed by atoms with E-state index >= 15 is 0 Å². The molecule has 2 fully saturated rings. The number of carbonyl (C=O) groups is 2. The van der Waals surface area contributed by atoms with Gasteiger partial charge in [0.1, 0.15) is 11.7 Å². The molecule has 25 heavy (non-hydrogen) atoms. The Morgan fingerprint density at radius 2 is 2.00 bits per heavy atom. The van der Waals surface area contributed by atoms with E-state index in [4.69, 9.17) is 9.47 Å². The van der Waals surface area contributed by atoms with Crippen molar-refractivity contribution in [2.75, 3.05) is 0 Å². The summed E-state index contributed by atoms with van der Waals surface area (Å²) in [5, 5.41) is 2.96. The molecule has 0 aromatic heterocycles. The fourth-order valence-corrected chi connectivity index (χ4v) is 3.94. The Balaban J connectivity index is 1.77. The maximum Gasteiger partial charge on any atom is 0.408 e. The molecule has 4 atom stereocenters. The lowest BCUT2D eigenvalue weighted by Crippen LogP contribution is -2.48. The van der Waals surface area contributed by atoms with Crippen LogP contribution >= 0.6 is 0 Å². The van der Waals surface area contributed by atoms with Crippen LogP contribution in [-0.4, -0.2) is 29.8 Å². The molecule has 0 radical (unpaired) electrons. The van der Waals surface area contributed by atoms with Crippen molar-refractivity contribution in [3.8, 4) is 0 Å². The molecule has 1 aromatic carbocycles. The third-order valence-corrected chi connectivity index (χ3v) is 4.94. The van der Waals surface area contributed by atoms with Gasteiger partial charge in [0.25, 0.3) is 0 Å². The normalized spacial score (nSPS) is 26.7. The van der Waals surface area contributed by atoms with E-state index in [1.165, 1.54) is 0 Å². The van der Waals surface area contributed by atoms with Crippen molar-refractivity contribution >= 4 is 12.1 Å². The zero-order valence-corrected chi connectivity index (χ0v) is 15.2. The first-order valence-corrected chi connectivity index (χ1v) is 9.07. The molecule has 1 aliphatic heterocycles. The maximum atomic E-state index is 12.3. The van der Waals surface area contributed by atoms with Crippen LogP contribution in [0.2, 0.25) is 0 Å². The van der Waals surface area contributed by atoms with Gasteiger partial charge in [-0.25, -0.2) is 4.79 Å². The highest BCUT2D eigenvalue weighted by Crippen LogP contribution is 2.43. The predicted octanol–water partition coefficient (Wildman–Crippen LogP) is 3.46. The Kier molecular flexibility index (Phi) is 5.02. The highest BCUT2D eigenvalue weighted by molar-refractivity contribution is 5.76. The summed E-state index contributed by atoms with van der Waals surface area (Å²) < 4.78 is 11.1. The van der Waals surface area contributed by atoms with Gasteiger partial charge in [-0.15, -0.1) is 0 Å². The van der Waals surface area contributed by atoms with Crippen LogP contribution in [0.3, 0.4) is 0 Å². The molecule has 2 aliphatic rings. The van der Waals surface area contributed by atoms with E-state index in [9.17, 15) is 9.59 Å². The van der Waals surface area contributed by atoms with Crippen molar-refractivity contribution in [1.82, 2.24) is 5.32 Å². The topological polar surface area (TPSA) is 64.6 Å². The third-order valence-electron chi connectivity index (χ3n) is 4.94. The lowest BCUT2D eigenvalue weighted by Gasteiger charge is -2.29. The maximum absolute atomic E-state index is 12.3. The van der Waals surface area contributed by atoms with Gasteiger partial charge in [-0.1, -0.05) is 36.8 Å². The van der Waals surface area contributed by atoms with E-state index in [1.807, 2.05) is 51.1 Å². The number of amides is 1. The van der Waals surface area contributed by atoms with Crippen molar-refractivity contribution in [2.24, 2.45) is 11.8 Å². The average Bonchev–Trinajstić information content (AvgIpc) is 3.10. The average molecular weight is 345 g/mol.